The van der Waals surface area contributed by atoms with Gasteiger partial charge in [-0.15, -0.1) is 0 Å². The number of carboxylic acids is 1. The largest absolute Gasteiger partial charge is 0.478 e. The third kappa shape index (κ3) is 2.46. The van der Waals surface area contributed by atoms with Crippen molar-refractivity contribution in [1.82, 2.24) is 4.98 Å². The fourth-order valence-electron chi connectivity index (χ4n) is 2.56. The summed E-state index contributed by atoms with van der Waals surface area (Å²) >= 11 is 0. The first-order valence-electron chi connectivity index (χ1n) is 6.72. The summed E-state index contributed by atoms with van der Waals surface area (Å²) in [5.74, 6) is -1.000. The molecular formula is C14H16N2O4. The van der Waals surface area contributed by atoms with Gasteiger partial charge in [0, 0.05) is 0 Å². The average molecular weight is 276 g/mol. The number of nitrogens with zero attached hydrogens (tertiary/aromatic N) is 1. The number of carboxylic acid groups (broad SMARTS) is 1. The summed E-state index contributed by atoms with van der Waals surface area (Å²) in [5.41, 5.74) is 1.19. The Morgan fingerprint density at radius 1 is 1.35 bits per heavy atom. The van der Waals surface area contributed by atoms with Gasteiger partial charge in [0.15, 0.2) is 5.58 Å². The normalized spacial score (nSPS) is 22.9. The zero-order valence-corrected chi connectivity index (χ0v) is 10.9. The minimum Gasteiger partial charge on any atom is -0.478 e. The van der Waals surface area contributed by atoms with Crippen molar-refractivity contribution in [3.8, 4) is 0 Å². The molecule has 2 aromatic rings. The van der Waals surface area contributed by atoms with Gasteiger partial charge in [0.25, 0.3) is 6.01 Å². The average Bonchev–Trinajstić information content (AvgIpc) is 2.82. The van der Waals surface area contributed by atoms with Crippen molar-refractivity contribution in [3.63, 3.8) is 0 Å². The Bertz CT molecular complexity index is 637. The van der Waals surface area contributed by atoms with Gasteiger partial charge in [0.1, 0.15) is 5.52 Å². The van der Waals surface area contributed by atoms with Crippen LogP contribution in [-0.4, -0.2) is 33.3 Å². The SMILES string of the molecule is O=C(O)c1ccc2nc(NC3CCCCC3O)oc2c1. The number of anilines is 1. The van der Waals surface area contributed by atoms with Gasteiger partial charge in [-0.2, -0.15) is 4.98 Å². The van der Waals surface area contributed by atoms with E-state index in [1.165, 1.54) is 12.1 Å². The molecule has 1 aromatic heterocycles. The van der Waals surface area contributed by atoms with Gasteiger partial charge in [-0.1, -0.05) is 12.8 Å². The molecule has 106 valence electrons. The summed E-state index contributed by atoms with van der Waals surface area (Å²) in [6.07, 6.45) is 3.36. The molecule has 3 N–H and O–H groups in total. The molecule has 0 bridgehead atoms. The Hall–Kier alpha value is -2.08. The highest BCUT2D eigenvalue weighted by atomic mass is 16.4. The van der Waals surface area contributed by atoms with E-state index in [9.17, 15) is 9.90 Å². The quantitative estimate of drug-likeness (QED) is 0.795. The number of rotatable bonds is 3. The van der Waals surface area contributed by atoms with E-state index in [2.05, 4.69) is 10.3 Å². The molecule has 0 aliphatic heterocycles. The van der Waals surface area contributed by atoms with Gasteiger partial charge in [-0.3, -0.25) is 0 Å². The molecule has 1 aliphatic carbocycles. The van der Waals surface area contributed by atoms with Crippen LogP contribution in [0.1, 0.15) is 36.0 Å². The molecule has 0 amide bonds. The van der Waals surface area contributed by atoms with Crippen LogP contribution in [0, 0.1) is 0 Å². The highest BCUT2D eigenvalue weighted by Gasteiger charge is 2.24. The number of aliphatic hydroxyl groups excluding tert-OH is 1. The van der Waals surface area contributed by atoms with Crippen molar-refractivity contribution >= 4 is 23.1 Å². The maximum atomic E-state index is 10.9. The first-order chi connectivity index (χ1) is 9.63. The molecule has 2 atom stereocenters. The minimum atomic E-state index is -1.000. The number of fused-ring (bicyclic) bond motifs is 1. The third-order valence-electron chi connectivity index (χ3n) is 3.67. The number of aromatic nitrogens is 1. The van der Waals surface area contributed by atoms with E-state index in [-0.39, 0.29) is 11.6 Å². The molecule has 3 rings (SSSR count). The molecule has 20 heavy (non-hydrogen) atoms. The number of benzene rings is 1. The lowest BCUT2D eigenvalue weighted by molar-refractivity contribution is 0.0697. The number of hydrogen-bond donors (Lipinski definition) is 3. The van der Waals surface area contributed by atoms with Crippen LogP contribution >= 0.6 is 0 Å². The topological polar surface area (TPSA) is 95.6 Å². The van der Waals surface area contributed by atoms with Crippen molar-refractivity contribution in [2.75, 3.05) is 5.32 Å². The number of aromatic carboxylic acids is 1. The fraction of sp³-hybridized carbons (Fsp3) is 0.429. The highest BCUT2D eigenvalue weighted by molar-refractivity contribution is 5.92. The summed E-state index contributed by atoms with van der Waals surface area (Å²) in [4.78, 5) is 15.2. The van der Waals surface area contributed by atoms with Gasteiger partial charge in [0.05, 0.1) is 17.7 Å². The lowest BCUT2D eigenvalue weighted by Crippen LogP contribution is -2.36. The Morgan fingerprint density at radius 3 is 2.90 bits per heavy atom. The van der Waals surface area contributed by atoms with Crippen molar-refractivity contribution in [3.05, 3.63) is 23.8 Å². The van der Waals surface area contributed by atoms with Gasteiger partial charge >= 0.3 is 5.97 Å². The van der Waals surface area contributed by atoms with Gasteiger partial charge in [-0.05, 0) is 31.0 Å². The molecule has 1 saturated carbocycles. The van der Waals surface area contributed by atoms with Crippen LogP contribution in [0.3, 0.4) is 0 Å². The van der Waals surface area contributed by atoms with Crippen LogP contribution in [-0.2, 0) is 0 Å². The lowest BCUT2D eigenvalue weighted by Gasteiger charge is -2.27. The first-order valence-corrected chi connectivity index (χ1v) is 6.72. The predicted octanol–water partition coefficient (Wildman–Crippen LogP) is 2.24. The first kappa shape index (κ1) is 12.9. The van der Waals surface area contributed by atoms with Crippen LogP contribution in [0.2, 0.25) is 0 Å². The van der Waals surface area contributed by atoms with Crippen LogP contribution in [0.15, 0.2) is 22.6 Å². The van der Waals surface area contributed by atoms with Crippen LogP contribution in [0.25, 0.3) is 11.1 Å². The van der Waals surface area contributed by atoms with E-state index in [1.807, 2.05) is 0 Å². The maximum Gasteiger partial charge on any atom is 0.335 e. The van der Waals surface area contributed by atoms with Gasteiger partial charge < -0.3 is 19.9 Å². The zero-order valence-electron chi connectivity index (χ0n) is 10.9. The van der Waals surface area contributed by atoms with Crippen LogP contribution in [0.4, 0.5) is 6.01 Å². The fourth-order valence-corrected chi connectivity index (χ4v) is 2.56. The van der Waals surface area contributed by atoms with Crippen LogP contribution < -0.4 is 5.32 Å². The molecule has 1 fully saturated rings. The molecule has 1 heterocycles. The number of aliphatic hydroxyl groups is 1. The Balaban J connectivity index is 1.83. The summed E-state index contributed by atoms with van der Waals surface area (Å²) < 4.78 is 5.51. The summed E-state index contributed by atoms with van der Waals surface area (Å²) in [7, 11) is 0. The van der Waals surface area contributed by atoms with Crippen molar-refractivity contribution < 1.29 is 19.4 Å². The van der Waals surface area contributed by atoms with Crippen molar-refractivity contribution in [2.45, 2.75) is 37.8 Å². The highest BCUT2D eigenvalue weighted by Crippen LogP contribution is 2.25. The summed E-state index contributed by atoms with van der Waals surface area (Å²) in [6, 6.07) is 4.83. The summed E-state index contributed by atoms with van der Waals surface area (Å²) in [5, 5.41) is 21.9. The molecule has 1 aromatic carbocycles. The number of oxazole rings is 1. The zero-order chi connectivity index (χ0) is 14.1. The Labute approximate surface area is 115 Å². The molecule has 1 aliphatic rings. The third-order valence-corrected chi connectivity index (χ3v) is 3.67. The maximum absolute atomic E-state index is 10.9. The predicted molar refractivity (Wildman–Crippen MR) is 72.9 cm³/mol. The molecule has 0 saturated heterocycles. The van der Waals surface area contributed by atoms with Crippen LogP contribution in [0.5, 0.6) is 0 Å². The molecule has 6 heteroatoms. The standard InChI is InChI=1S/C14H16N2O4/c17-11-4-2-1-3-9(11)15-14-16-10-6-5-8(13(18)19)7-12(10)20-14/h5-7,9,11,17H,1-4H2,(H,15,16)(H,18,19). The van der Waals surface area contributed by atoms with E-state index < -0.39 is 12.1 Å². The van der Waals surface area contributed by atoms with E-state index in [1.54, 1.807) is 6.07 Å². The molecule has 2 unspecified atom stereocenters. The van der Waals surface area contributed by atoms with Gasteiger partial charge in [-0.25, -0.2) is 4.79 Å². The second-order valence-electron chi connectivity index (χ2n) is 5.11. The Kier molecular flexibility index (Phi) is 3.31. The molecule has 0 radical (unpaired) electrons. The minimum absolute atomic E-state index is 0.0595. The monoisotopic (exact) mass is 276 g/mol. The van der Waals surface area contributed by atoms with E-state index in [0.29, 0.717) is 17.1 Å². The van der Waals surface area contributed by atoms with E-state index in [4.69, 9.17) is 9.52 Å². The molecular weight excluding hydrogens is 260 g/mol. The Morgan fingerprint density at radius 2 is 2.15 bits per heavy atom. The van der Waals surface area contributed by atoms with E-state index >= 15 is 0 Å². The lowest BCUT2D eigenvalue weighted by atomic mass is 9.93. The van der Waals surface area contributed by atoms with E-state index in [0.717, 1.165) is 25.7 Å². The second-order valence-corrected chi connectivity index (χ2v) is 5.11. The smallest absolute Gasteiger partial charge is 0.335 e. The molecule has 0 spiro atoms. The summed E-state index contributed by atoms with van der Waals surface area (Å²) in [6.45, 7) is 0. The van der Waals surface area contributed by atoms with Crippen molar-refractivity contribution in [1.29, 1.82) is 0 Å². The number of nitrogens with one attached hydrogen (secondary N) is 1. The van der Waals surface area contributed by atoms with Gasteiger partial charge in [0.2, 0.25) is 0 Å². The van der Waals surface area contributed by atoms with Crippen molar-refractivity contribution in [2.24, 2.45) is 0 Å². The second kappa shape index (κ2) is 5.13. The molecule has 6 nitrogen and oxygen atoms in total. The number of carbonyl (C=O) groups is 1. The number of hydrogen-bond acceptors (Lipinski definition) is 5.